The highest BCUT2D eigenvalue weighted by atomic mass is 35.5. The summed E-state index contributed by atoms with van der Waals surface area (Å²) >= 11 is 6.42. The van der Waals surface area contributed by atoms with Crippen LogP contribution in [0.15, 0.2) is 42.7 Å². The normalized spacial score (nSPS) is 22.5. The van der Waals surface area contributed by atoms with E-state index in [1.165, 1.54) is 0 Å². The Morgan fingerprint density at radius 3 is 2.84 bits per heavy atom. The molecule has 1 aromatic heterocycles. The Labute approximate surface area is 152 Å². The van der Waals surface area contributed by atoms with Crippen LogP contribution in [0.25, 0.3) is 0 Å². The summed E-state index contributed by atoms with van der Waals surface area (Å²) in [6.07, 6.45) is 4.46. The number of amides is 1. The van der Waals surface area contributed by atoms with Gasteiger partial charge in [-0.1, -0.05) is 23.7 Å². The maximum Gasteiger partial charge on any atom is 0.228 e. The van der Waals surface area contributed by atoms with E-state index in [2.05, 4.69) is 15.2 Å². The third-order valence-corrected chi connectivity index (χ3v) is 5.12. The van der Waals surface area contributed by atoms with Crippen molar-refractivity contribution in [3.63, 3.8) is 0 Å². The molecule has 1 aromatic carbocycles. The molecule has 1 saturated heterocycles. The van der Waals surface area contributed by atoms with Crippen molar-refractivity contribution in [3.05, 3.63) is 53.3 Å². The first kappa shape index (κ1) is 16.4. The Kier molecular flexibility index (Phi) is 4.59. The van der Waals surface area contributed by atoms with Crippen molar-refractivity contribution in [1.82, 2.24) is 4.98 Å². The van der Waals surface area contributed by atoms with Crippen molar-refractivity contribution in [2.45, 2.75) is 12.3 Å². The first-order valence-corrected chi connectivity index (χ1v) is 8.94. The van der Waals surface area contributed by atoms with Crippen molar-refractivity contribution < 1.29 is 9.53 Å². The number of aromatic nitrogens is 1. The van der Waals surface area contributed by atoms with Crippen LogP contribution in [0.4, 0.5) is 11.4 Å². The molecule has 2 aliphatic rings. The number of nitrogens with zero attached hydrogens (tertiary/aromatic N) is 2. The molecule has 5 nitrogen and oxygen atoms in total. The maximum absolute atomic E-state index is 12.7. The van der Waals surface area contributed by atoms with E-state index in [1.807, 2.05) is 36.5 Å². The molecule has 0 bridgehead atoms. The van der Waals surface area contributed by atoms with Crippen LogP contribution in [0.2, 0.25) is 5.02 Å². The minimum Gasteiger partial charge on any atom is -0.378 e. The predicted octanol–water partition coefficient (Wildman–Crippen LogP) is 3.31. The van der Waals surface area contributed by atoms with Crippen LogP contribution in [0.3, 0.4) is 0 Å². The number of hydrogen-bond acceptors (Lipinski definition) is 4. The predicted molar refractivity (Wildman–Crippen MR) is 98.2 cm³/mol. The third-order valence-electron chi connectivity index (χ3n) is 4.81. The van der Waals surface area contributed by atoms with Gasteiger partial charge >= 0.3 is 0 Å². The van der Waals surface area contributed by atoms with Crippen LogP contribution in [0, 0.1) is 5.92 Å². The summed E-state index contributed by atoms with van der Waals surface area (Å²) in [6.45, 7) is 2.89. The Hall–Kier alpha value is -2.11. The summed E-state index contributed by atoms with van der Waals surface area (Å²) in [5, 5.41) is 3.74. The van der Waals surface area contributed by atoms with Gasteiger partial charge in [0.05, 0.1) is 29.6 Å². The largest absolute Gasteiger partial charge is 0.378 e. The molecular weight excluding hydrogens is 338 g/mol. The topological polar surface area (TPSA) is 54.5 Å². The number of pyridine rings is 1. The molecular formula is C19H20ClN3O2. The van der Waals surface area contributed by atoms with Gasteiger partial charge in [0.2, 0.25) is 5.91 Å². The minimum absolute atomic E-state index is 0.000667. The monoisotopic (exact) mass is 357 g/mol. The van der Waals surface area contributed by atoms with Gasteiger partial charge in [-0.25, -0.2) is 0 Å². The number of carbonyl (C=O) groups is 1. The molecule has 1 N–H and O–H groups in total. The first-order valence-electron chi connectivity index (χ1n) is 8.56. The molecule has 130 valence electrons. The lowest BCUT2D eigenvalue weighted by molar-refractivity contribution is -0.117. The number of carbonyl (C=O) groups excluding carboxylic acids is 1. The van der Waals surface area contributed by atoms with Crippen LogP contribution >= 0.6 is 11.6 Å². The first-order chi connectivity index (χ1) is 12.2. The second-order valence-corrected chi connectivity index (χ2v) is 6.87. The number of morpholine rings is 1. The zero-order valence-corrected chi connectivity index (χ0v) is 14.6. The number of ether oxygens (including phenoxy) is 1. The quantitative estimate of drug-likeness (QED) is 0.912. The highest BCUT2D eigenvalue weighted by Gasteiger charge is 2.44. The van der Waals surface area contributed by atoms with E-state index in [-0.39, 0.29) is 17.7 Å². The number of halogens is 1. The van der Waals surface area contributed by atoms with E-state index in [9.17, 15) is 4.79 Å². The molecule has 0 radical (unpaired) electrons. The molecule has 1 amide bonds. The summed E-state index contributed by atoms with van der Waals surface area (Å²) in [7, 11) is 0. The zero-order valence-electron chi connectivity index (χ0n) is 13.8. The molecule has 2 heterocycles. The van der Waals surface area contributed by atoms with Crippen LogP contribution in [-0.2, 0) is 9.53 Å². The van der Waals surface area contributed by atoms with Crippen molar-refractivity contribution in [3.8, 4) is 0 Å². The molecule has 1 saturated carbocycles. The fourth-order valence-electron chi connectivity index (χ4n) is 3.40. The second kappa shape index (κ2) is 7.02. The van der Waals surface area contributed by atoms with Gasteiger partial charge in [0.25, 0.3) is 0 Å². The molecule has 4 rings (SSSR count). The Balaban J connectivity index is 1.49. The second-order valence-electron chi connectivity index (χ2n) is 6.46. The number of rotatable bonds is 4. The number of hydrogen-bond donors (Lipinski definition) is 1. The maximum atomic E-state index is 12.7. The molecule has 1 aliphatic carbocycles. The Morgan fingerprint density at radius 2 is 2.08 bits per heavy atom. The molecule has 25 heavy (non-hydrogen) atoms. The van der Waals surface area contributed by atoms with Gasteiger partial charge < -0.3 is 15.0 Å². The Morgan fingerprint density at radius 1 is 1.24 bits per heavy atom. The molecule has 0 unspecified atom stereocenters. The molecule has 2 fully saturated rings. The van der Waals surface area contributed by atoms with Gasteiger partial charge in [0, 0.05) is 31.4 Å². The summed E-state index contributed by atoms with van der Waals surface area (Å²) in [5.74, 6) is 0.311. The van der Waals surface area contributed by atoms with Crippen molar-refractivity contribution in [2.24, 2.45) is 5.92 Å². The highest BCUT2D eigenvalue weighted by Crippen LogP contribution is 2.48. The standard InChI is InChI=1S/C19H20ClN3O2/c20-16-4-1-5-17(18(16)23-7-9-25-10-8-23)22-19(24)15-11-14(15)13-3-2-6-21-12-13/h1-6,12,14-15H,7-11H2,(H,22,24)/t14-,15+/m1/s1. The zero-order chi connectivity index (χ0) is 17.2. The van der Waals surface area contributed by atoms with Gasteiger partial charge in [-0.3, -0.25) is 9.78 Å². The lowest BCUT2D eigenvalue weighted by atomic mass is 10.1. The van der Waals surface area contributed by atoms with E-state index in [1.54, 1.807) is 6.20 Å². The summed E-state index contributed by atoms with van der Waals surface area (Å²) in [5.41, 5.74) is 2.79. The van der Waals surface area contributed by atoms with Crippen molar-refractivity contribution in [2.75, 3.05) is 36.5 Å². The van der Waals surface area contributed by atoms with Gasteiger partial charge in [0.15, 0.2) is 0 Å². The van der Waals surface area contributed by atoms with Crippen molar-refractivity contribution in [1.29, 1.82) is 0 Å². The lowest BCUT2D eigenvalue weighted by Gasteiger charge is -2.31. The van der Waals surface area contributed by atoms with E-state index in [4.69, 9.17) is 16.3 Å². The molecule has 0 spiro atoms. The van der Waals surface area contributed by atoms with Crippen LogP contribution in [0.5, 0.6) is 0 Å². The summed E-state index contributed by atoms with van der Waals surface area (Å²) < 4.78 is 5.42. The molecule has 6 heteroatoms. The van der Waals surface area contributed by atoms with E-state index in [0.717, 1.165) is 36.4 Å². The number of anilines is 2. The summed E-state index contributed by atoms with van der Waals surface area (Å²) in [6, 6.07) is 9.58. The Bertz CT molecular complexity index is 763. The fraction of sp³-hybridized carbons (Fsp3) is 0.368. The van der Waals surface area contributed by atoms with Crippen LogP contribution in [-0.4, -0.2) is 37.2 Å². The number of benzene rings is 1. The average molecular weight is 358 g/mol. The average Bonchev–Trinajstić information content (AvgIpc) is 3.44. The molecule has 2 aromatic rings. The number of nitrogens with one attached hydrogen (secondary N) is 1. The van der Waals surface area contributed by atoms with Crippen molar-refractivity contribution >= 4 is 28.9 Å². The molecule has 1 aliphatic heterocycles. The van der Waals surface area contributed by atoms with E-state index in [0.29, 0.717) is 18.2 Å². The van der Waals surface area contributed by atoms with Gasteiger partial charge in [-0.2, -0.15) is 0 Å². The van der Waals surface area contributed by atoms with Gasteiger partial charge in [-0.05, 0) is 36.1 Å². The minimum atomic E-state index is 0.000667. The van der Waals surface area contributed by atoms with Gasteiger partial charge in [0.1, 0.15) is 0 Å². The lowest BCUT2D eigenvalue weighted by Crippen LogP contribution is -2.37. The fourth-order valence-corrected chi connectivity index (χ4v) is 3.69. The van der Waals surface area contributed by atoms with Gasteiger partial charge in [-0.15, -0.1) is 0 Å². The summed E-state index contributed by atoms with van der Waals surface area (Å²) in [4.78, 5) is 19.0. The smallest absolute Gasteiger partial charge is 0.228 e. The van der Waals surface area contributed by atoms with E-state index < -0.39 is 0 Å². The molecule has 2 atom stereocenters. The van der Waals surface area contributed by atoms with Crippen LogP contribution < -0.4 is 10.2 Å². The van der Waals surface area contributed by atoms with Crippen LogP contribution in [0.1, 0.15) is 17.9 Å². The van der Waals surface area contributed by atoms with E-state index >= 15 is 0 Å². The highest BCUT2D eigenvalue weighted by molar-refractivity contribution is 6.34. The number of para-hydroxylation sites is 1. The SMILES string of the molecule is O=C(Nc1cccc(Cl)c1N1CCOCC1)[C@H]1C[C@@H]1c1cccnc1. The third kappa shape index (κ3) is 3.48.